The maximum absolute atomic E-state index is 14.0. The molecule has 3 aromatic rings. The predicted molar refractivity (Wildman–Crippen MR) is 131 cm³/mol. The molecular formula is C23H25ClF2N6O3. The van der Waals surface area contributed by atoms with Crippen LogP contribution in [0.2, 0.25) is 5.02 Å². The van der Waals surface area contributed by atoms with Crippen LogP contribution < -0.4 is 25.8 Å². The predicted octanol–water partition coefficient (Wildman–Crippen LogP) is 3.78. The van der Waals surface area contributed by atoms with Gasteiger partial charge in [0, 0.05) is 38.1 Å². The SMILES string of the molecule is CC1CC(CN(C)c2ncc(Cl)c(Nc3ccc4c(c3)c3c(c(=O)n4C)OCC(F)(F)CN3)n2)O1. The molecule has 0 radical (unpaired) electrons. The van der Waals surface area contributed by atoms with E-state index in [9.17, 15) is 13.6 Å². The Balaban J connectivity index is 1.47. The molecule has 2 aliphatic heterocycles. The van der Waals surface area contributed by atoms with E-state index >= 15 is 0 Å². The number of nitrogens with zero attached hydrogens (tertiary/aromatic N) is 4. The number of aromatic nitrogens is 3. The van der Waals surface area contributed by atoms with Gasteiger partial charge in [-0.2, -0.15) is 4.98 Å². The average molecular weight is 507 g/mol. The zero-order valence-corrected chi connectivity index (χ0v) is 20.2. The summed E-state index contributed by atoms with van der Waals surface area (Å²) >= 11 is 6.35. The minimum Gasteiger partial charge on any atom is -0.480 e. The zero-order valence-electron chi connectivity index (χ0n) is 19.4. The molecule has 4 heterocycles. The number of halogens is 3. The monoisotopic (exact) mass is 506 g/mol. The van der Waals surface area contributed by atoms with E-state index in [2.05, 4.69) is 20.6 Å². The van der Waals surface area contributed by atoms with E-state index in [0.29, 0.717) is 39.9 Å². The van der Waals surface area contributed by atoms with Gasteiger partial charge in [-0.3, -0.25) is 4.79 Å². The molecule has 2 aromatic heterocycles. The summed E-state index contributed by atoms with van der Waals surface area (Å²) in [5.74, 6) is -2.37. The van der Waals surface area contributed by atoms with E-state index in [1.165, 1.54) is 10.8 Å². The molecule has 5 rings (SSSR count). The van der Waals surface area contributed by atoms with Gasteiger partial charge in [-0.1, -0.05) is 11.6 Å². The number of ether oxygens (including phenoxy) is 2. The van der Waals surface area contributed by atoms with Gasteiger partial charge in [0.15, 0.2) is 12.4 Å². The van der Waals surface area contributed by atoms with Gasteiger partial charge in [-0.25, -0.2) is 13.8 Å². The van der Waals surface area contributed by atoms with Crippen molar-refractivity contribution in [2.24, 2.45) is 7.05 Å². The van der Waals surface area contributed by atoms with Crippen molar-refractivity contribution >= 4 is 45.6 Å². The molecule has 35 heavy (non-hydrogen) atoms. The highest BCUT2D eigenvalue weighted by Gasteiger charge is 2.35. The number of rotatable bonds is 5. The lowest BCUT2D eigenvalue weighted by atomic mass is 10.1. The van der Waals surface area contributed by atoms with Crippen molar-refractivity contribution in [3.8, 4) is 5.75 Å². The largest absolute Gasteiger partial charge is 0.480 e. The second-order valence-corrected chi connectivity index (χ2v) is 9.38. The van der Waals surface area contributed by atoms with Crippen LogP contribution in [-0.2, 0) is 11.8 Å². The van der Waals surface area contributed by atoms with Crippen LogP contribution in [0.25, 0.3) is 10.9 Å². The van der Waals surface area contributed by atoms with Crippen LogP contribution in [-0.4, -0.2) is 59.4 Å². The topological polar surface area (TPSA) is 93.5 Å². The van der Waals surface area contributed by atoms with Gasteiger partial charge < -0.3 is 29.6 Å². The lowest BCUT2D eigenvalue weighted by Gasteiger charge is -2.36. The number of nitrogens with one attached hydrogen (secondary N) is 2. The van der Waals surface area contributed by atoms with Crippen molar-refractivity contribution in [2.45, 2.75) is 31.5 Å². The molecule has 0 spiro atoms. The zero-order chi connectivity index (χ0) is 24.9. The van der Waals surface area contributed by atoms with Gasteiger partial charge in [0.05, 0.1) is 36.2 Å². The third-order valence-corrected chi connectivity index (χ3v) is 6.41. The minimum atomic E-state index is -3.11. The van der Waals surface area contributed by atoms with Gasteiger partial charge >= 0.3 is 0 Å². The average Bonchev–Trinajstić information content (AvgIpc) is 2.96. The molecule has 2 aliphatic rings. The van der Waals surface area contributed by atoms with Crippen LogP contribution in [0, 0.1) is 0 Å². The molecule has 9 nitrogen and oxygen atoms in total. The summed E-state index contributed by atoms with van der Waals surface area (Å²) in [6, 6.07) is 5.21. The third kappa shape index (κ3) is 4.57. The molecule has 0 amide bonds. The van der Waals surface area contributed by atoms with Crippen LogP contribution in [0.3, 0.4) is 0 Å². The minimum absolute atomic E-state index is 0.133. The number of anilines is 4. The summed E-state index contributed by atoms with van der Waals surface area (Å²) in [7, 11) is 3.45. The summed E-state index contributed by atoms with van der Waals surface area (Å²) < 4.78 is 40.2. The number of alkyl halides is 2. The Hall–Kier alpha value is -3.18. The Morgan fingerprint density at radius 2 is 2.17 bits per heavy atom. The summed E-state index contributed by atoms with van der Waals surface area (Å²) in [5, 5.41) is 6.74. The summed E-state index contributed by atoms with van der Waals surface area (Å²) in [4.78, 5) is 23.5. The van der Waals surface area contributed by atoms with Gasteiger partial charge in [-0.05, 0) is 25.1 Å². The first kappa shape index (κ1) is 23.6. The number of likely N-dealkylation sites (N-methyl/N-ethyl adjacent to an activating group) is 1. The van der Waals surface area contributed by atoms with Crippen LogP contribution in [0.4, 0.5) is 31.9 Å². The van der Waals surface area contributed by atoms with Crippen molar-refractivity contribution in [1.29, 1.82) is 0 Å². The maximum atomic E-state index is 14.0. The maximum Gasteiger partial charge on any atom is 0.298 e. The summed E-state index contributed by atoms with van der Waals surface area (Å²) in [5.41, 5.74) is 0.897. The highest BCUT2D eigenvalue weighted by Crippen LogP contribution is 2.36. The van der Waals surface area contributed by atoms with Crippen LogP contribution in [0.1, 0.15) is 13.3 Å². The number of pyridine rings is 1. The Morgan fingerprint density at radius 3 is 2.91 bits per heavy atom. The van der Waals surface area contributed by atoms with Gasteiger partial charge in [0.2, 0.25) is 11.7 Å². The molecule has 2 atom stereocenters. The third-order valence-electron chi connectivity index (χ3n) is 6.14. The highest BCUT2D eigenvalue weighted by molar-refractivity contribution is 6.32. The highest BCUT2D eigenvalue weighted by atomic mass is 35.5. The standard InChI is InChI=1S/C23H25ClF2N6O3/c1-12-6-14(35-12)9-31(2)22-27-8-16(24)20(30-22)29-13-4-5-17-15(7-13)18-19(21(33)32(17)3)34-11-23(25,26)10-28-18/h4-5,7-8,12,14,28H,6,9-11H2,1-3H3,(H,27,29,30). The second-order valence-electron chi connectivity index (χ2n) is 8.97. The number of aryl methyl sites for hydroxylation is 1. The molecular weight excluding hydrogens is 482 g/mol. The quantitative estimate of drug-likeness (QED) is 0.540. The van der Waals surface area contributed by atoms with Crippen molar-refractivity contribution < 1.29 is 18.3 Å². The molecule has 0 aliphatic carbocycles. The van der Waals surface area contributed by atoms with Gasteiger partial charge in [0.25, 0.3) is 11.5 Å². The molecule has 186 valence electrons. The van der Waals surface area contributed by atoms with Gasteiger partial charge in [0.1, 0.15) is 5.02 Å². The molecule has 0 saturated carbocycles. The number of hydrogen-bond donors (Lipinski definition) is 2. The fourth-order valence-corrected chi connectivity index (χ4v) is 4.45. The number of benzene rings is 1. The van der Waals surface area contributed by atoms with Gasteiger partial charge in [-0.15, -0.1) is 0 Å². The van der Waals surface area contributed by atoms with E-state index in [4.69, 9.17) is 21.1 Å². The first-order valence-corrected chi connectivity index (χ1v) is 11.6. The molecule has 1 fully saturated rings. The number of fused-ring (bicyclic) bond motifs is 3. The molecule has 2 unspecified atom stereocenters. The fourth-order valence-electron chi connectivity index (χ4n) is 4.31. The normalized spacial score (nSPS) is 20.7. The van der Waals surface area contributed by atoms with E-state index in [1.54, 1.807) is 25.2 Å². The van der Waals surface area contributed by atoms with Crippen LogP contribution >= 0.6 is 11.6 Å². The molecule has 1 aromatic carbocycles. The molecule has 1 saturated heterocycles. The second kappa shape index (κ2) is 8.80. The van der Waals surface area contributed by atoms with E-state index in [1.807, 2.05) is 18.9 Å². The van der Waals surface area contributed by atoms with E-state index in [0.717, 1.165) is 6.42 Å². The molecule has 12 heteroatoms. The Kier molecular flexibility index (Phi) is 5.92. The van der Waals surface area contributed by atoms with Crippen molar-refractivity contribution in [2.75, 3.05) is 42.3 Å². The number of hydrogen-bond acceptors (Lipinski definition) is 8. The first-order valence-electron chi connectivity index (χ1n) is 11.2. The van der Waals surface area contributed by atoms with E-state index in [-0.39, 0.29) is 23.6 Å². The summed E-state index contributed by atoms with van der Waals surface area (Å²) in [6.45, 7) is 1.17. The lowest BCUT2D eigenvalue weighted by molar-refractivity contribution is -0.107. The Morgan fingerprint density at radius 1 is 1.40 bits per heavy atom. The smallest absolute Gasteiger partial charge is 0.298 e. The summed E-state index contributed by atoms with van der Waals surface area (Å²) in [6.07, 6.45) is 2.90. The Bertz CT molecular complexity index is 1350. The van der Waals surface area contributed by atoms with Crippen molar-refractivity contribution in [3.05, 3.63) is 39.8 Å². The van der Waals surface area contributed by atoms with Crippen molar-refractivity contribution in [3.63, 3.8) is 0 Å². The Labute approximate surface area is 205 Å². The fraction of sp³-hybridized carbons (Fsp3) is 0.435. The molecule has 2 N–H and O–H groups in total. The lowest BCUT2D eigenvalue weighted by Crippen LogP contribution is -2.43. The van der Waals surface area contributed by atoms with Crippen molar-refractivity contribution in [1.82, 2.24) is 14.5 Å². The molecule has 0 bridgehead atoms. The first-order chi connectivity index (χ1) is 16.6. The van der Waals surface area contributed by atoms with Crippen LogP contribution in [0.5, 0.6) is 5.75 Å². The van der Waals surface area contributed by atoms with E-state index < -0.39 is 24.6 Å². The van der Waals surface area contributed by atoms with Crippen LogP contribution in [0.15, 0.2) is 29.2 Å².